The molecule has 1 aliphatic heterocycles. The van der Waals surface area contributed by atoms with E-state index < -0.39 is 0 Å². The molecule has 0 aromatic heterocycles. The largest absolute Gasteiger partial charge is 0.343 e. The second kappa shape index (κ2) is 8.19. The molecule has 0 aliphatic carbocycles. The van der Waals surface area contributed by atoms with E-state index in [9.17, 15) is 4.79 Å². The lowest BCUT2D eigenvalue weighted by atomic mass is 9.79. The van der Waals surface area contributed by atoms with Crippen LogP contribution in [-0.4, -0.2) is 37.0 Å². The van der Waals surface area contributed by atoms with Crippen molar-refractivity contribution in [3.05, 3.63) is 33.8 Å². The standard InChI is InChI=1S/C17H24Cl2N2O/c1-3-21(4-2)17(22)16(12-7-9-20-10-8-12)13-5-6-14(18)15(19)11-13/h5-6,11-12,16,20H,3-4,7-10H2,1-2H3. The van der Waals surface area contributed by atoms with Gasteiger partial charge in [-0.3, -0.25) is 4.79 Å². The van der Waals surface area contributed by atoms with Crippen molar-refractivity contribution in [3.63, 3.8) is 0 Å². The van der Waals surface area contributed by atoms with E-state index in [1.54, 1.807) is 6.07 Å². The molecule has 0 spiro atoms. The fourth-order valence-electron chi connectivity index (χ4n) is 3.23. The maximum absolute atomic E-state index is 13.0. The molecule has 1 heterocycles. The Kier molecular flexibility index (Phi) is 6.54. The number of halogens is 2. The molecule has 1 unspecified atom stereocenters. The van der Waals surface area contributed by atoms with Gasteiger partial charge in [0.1, 0.15) is 0 Å². The summed E-state index contributed by atoms with van der Waals surface area (Å²) < 4.78 is 0. The Morgan fingerprint density at radius 1 is 1.23 bits per heavy atom. The number of likely N-dealkylation sites (N-methyl/N-ethyl adjacent to an activating group) is 1. The number of hydrogen-bond donors (Lipinski definition) is 1. The van der Waals surface area contributed by atoms with Crippen LogP contribution >= 0.6 is 23.2 Å². The van der Waals surface area contributed by atoms with E-state index in [-0.39, 0.29) is 11.8 Å². The molecule has 1 aromatic rings. The molecule has 1 amide bonds. The molecule has 122 valence electrons. The molecule has 1 aromatic carbocycles. The average Bonchev–Trinajstić information content (AvgIpc) is 2.53. The predicted molar refractivity (Wildman–Crippen MR) is 92.7 cm³/mol. The van der Waals surface area contributed by atoms with E-state index in [2.05, 4.69) is 5.32 Å². The van der Waals surface area contributed by atoms with Crippen LogP contribution in [0.15, 0.2) is 18.2 Å². The van der Waals surface area contributed by atoms with Gasteiger partial charge in [0.15, 0.2) is 0 Å². The lowest BCUT2D eigenvalue weighted by Crippen LogP contribution is -2.40. The highest BCUT2D eigenvalue weighted by molar-refractivity contribution is 6.42. The van der Waals surface area contributed by atoms with Gasteiger partial charge in [0.05, 0.1) is 16.0 Å². The van der Waals surface area contributed by atoms with Crippen molar-refractivity contribution in [1.82, 2.24) is 10.2 Å². The lowest BCUT2D eigenvalue weighted by Gasteiger charge is -2.33. The van der Waals surface area contributed by atoms with Crippen molar-refractivity contribution in [1.29, 1.82) is 0 Å². The number of benzene rings is 1. The van der Waals surface area contributed by atoms with Gasteiger partial charge in [-0.1, -0.05) is 29.3 Å². The van der Waals surface area contributed by atoms with Gasteiger partial charge in [0, 0.05) is 13.1 Å². The van der Waals surface area contributed by atoms with Gasteiger partial charge in [-0.2, -0.15) is 0 Å². The van der Waals surface area contributed by atoms with E-state index in [4.69, 9.17) is 23.2 Å². The number of piperidine rings is 1. The molecular formula is C17H24Cl2N2O. The Labute approximate surface area is 143 Å². The number of amides is 1. The lowest BCUT2D eigenvalue weighted by molar-refractivity contribution is -0.134. The fourth-order valence-corrected chi connectivity index (χ4v) is 3.54. The molecule has 0 saturated carbocycles. The number of hydrogen-bond acceptors (Lipinski definition) is 2. The summed E-state index contributed by atoms with van der Waals surface area (Å²) in [6, 6.07) is 5.60. The smallest absolute Gasteiger partial charge is 0.230 e. The molecule has 3 nitrogen and oxygen atoms in total. The number of nitrogens with one attached hydrogen (secondary N) is 1. The van der Waals surface area contributed by atoms with Gasteiger partial charge in [-0.15, -0.1) is 0 Å². The molecule has 0 radical (unpaired) electrons. The van der Waals surface area contributed by atoms with E-state index in [0.717, 1.165) is 44.6 Å². The second-order valence-electron chi connectivity index (χ2n) is 5.75. The van der Waals surface area contributed by atoms with Crippen molar-refractivity contribution in [2.24, 2.45) is 5.92 Å². The van der Waals surface area contributed by atoms with E-state index in [1.807, 2.05) is 30.9 Å². The third kappa shape index (κ3) is 3.95. The van der Waals surface area contributed by atoms with Gasteiger partial charge < -0.3 is 10.2 Å². The zero-order chi connectivity index (χ0) is 16.1. The summed E-state index contributed by atoms with van der Waals surface area (Å²) in [6.07, 6.45) is 2.02. The maximum Gasteiger partial charge on any atom is 0.230 e. The number of nitrogens with zero attached hydrogens (tertiary/aromatic N) is 1. The Morgan fingerprint density at radius 2 is 1.86 bits per heavy atom. The Morgan fingerprint density at radius 3 is 2.41 bits per heavy atom. The first kappa shape index (κ1) is 17.6. The molecule has 1 atom stereocenters. The monoisotopic (exact) mass is 342 g/mol. The van der Waals surface area contributed by atoms with E-state index >= 15 is 0 Å². The third-order valence-electron chi connectivity index (χ3n) is 4.50. The Hall–Kier alpha value is -0.770. The summed E-state index contributed by atoms with van der Waals surface area (Å²) in [5, 5.41) is 4.42. The SMILES string of the molecule is CCN(CC)C(=O)C(c1ccc(Cl)c(Cl)c1)C1CCNCC1. The van der Waals surface area contributed by atoms with Crippen molar-refractivity contribution in [2.75, 3.05) is 26.2 Å². The summed E-state index contributed by atoms with van der Waals surface area (Å²) in [5.41, 5.74) is 0.984. The molecular weight excluding hydrogens is 319 g/mol. The molecule has 1 saturated heterocycles. The first-order valence-corrected chi connectivity index (χ1v) is 8.78. The highest BCUT2D eigenvalue weighted by Gasteiger charge is 2.33. The first-order chi connectivity index (χ1) is 10.6. The minimum Gasteiger partial charge on any atom is -0.343 e. The van der Waals surface area contributed by atoms with Crippen molar-refractivity contribution in [2.45, 2.75) is 32.6 Å². The van der Waals surface area contributed by atoms with Crippen LogP contribution in [-0.2, 0) is 4.79 Å². The fraction of sp³-hybridized carbons (Fsp3) is 0.588. The molecule has 2 rings (SSSR count). The van der Waals surface area contributed by atoms with Crippen LogP contribution in [0.5, 0.6) is 0 Å². The minimum absolute atomic E-state index is 0.128. The maximum atomic E-state index is 13.0. The molecule has 22 heavy (non-hydrogen) atoms. The molecule has 0 bridgehead atoms. The summed E-state index contributed by atoms with van der Waals surface area (Å²) in [6.45, 7) is 7.45. The average molecular weight is 343 g/mol. The van der Waals surface area contributed by atoms with Crippen molar-refractivity contribution < 1.29 is 4.79 Å². The summed E-state index contributed by atoms with van der Waals surface area (Å²) >= 11 is 12.2. The normalized spacial score (nSPS) is 17.3. The molecule has 5 heteroatoms. The summed E-state index contributed by atoms with van der Waals surface area (Å²) in [7, 11) is 0. The van der Waals surface area contributed by atoms with Crippen LogP contribution in [0.1, 0.15) is 38.2 Å². The highest BCUT2D eigenvalue weighted by atomic mass is 35.5. The van der Waals surface area contributed by atoms with Crippen LogP contribution in [0.3, 0.4) is 0 Å². The number of carbonyl (C=O) groups excluding carboxylic acids is 1. The van der Waals surface area contributed by atoms with Crippen LogP contribution in [0.2, 0.25) is 10.0 Å². The van der Waals surface area contributed by atoms with Crippen molar-refractivity contribution >= 4 is 29.1 Å². The summed E-state index contributed by atoms with van der Waals surface area (Å²) in [5.74, 6) is 0.429. The summed E-state index contributed by atoms with van der Waals surface area (Å²) in [4.78, 5) is 14.9. The Bertz CT molecular complexity index is 511. The number of rotatable bonds is 5. The first-order valence-electron chi connectivity index (χ1n) is 8.02. The molecule has 1 aliphatic rings. The zero-order valence-corrected chi connectivity index (χ0v) is 14.8. The van der Waals surface area contributed by atoms with Gasteiger partial charge >= 0.3 is 0 Å². The zero-order valence-electron chi connectivity index (χ0n) is 13.2. The second-order valence-corrected chi connectivity index (χ2v) is 6.56. The third-order valence-corrected chi connectivity index (χ3v) is 5.24. The van der Waals surface area contributed by atoms with E-state index in [1.165, 1.54) is 0 Å². The van der Waals surface area contributed by atoms with Gasteiger partial charge in [0.25, 0.3) is 0 Å². The van der Waals surface area contributed by atoms with Crippen molar-refractivity contribution in [3.8, 4) is 0 Å². The van der Waals surface area contributed by atoms with Crippen LogP contribution in [0.25, 0.3) is 0 Å². The van der Waals surface area contributed by atoms with Gasteiger partial charge in [-0.25, -0.2) is 0 Å². The quantitative estimate of drug-likeness (QED) is 0.878. The van der Waals surface area contributed by atoms with Crippen LogP contribution < -0.4 is 5.32 Å². The predicted octanol–water partition coefficient (Wildman–Crippen LogP) is 3.95. The number of carbonyl (C=O) groups is 1. The Balaban J connectivity index is 2.35. The minimum atomic E-state index is -0.128. The van der Waals surface area contributed by atoms with Gasteiger partial charge in [0.2, 0.25) is 5.91 Å². The van der Waals surface area contributed by atoms with Crippen LogP contribution in [0.4, 0.5) is 0 Å². The highest BCUT2D eigenvalue weighted by Crippen LogP contribution is 2.35. The molecule has 1 fully saturated rings. The van der Waals surface area contributed by atoms with Gasteiger partial charge in [-0.05, 0) is 63.4 Å². The topological polar surface area (TPSA) is 32.3 Å². The van der Waals surface area contributed by atoms with E-state index in [0.29, 0.717) is 16.0 Å². The van der Waals surface area contributed by atoms with Crippen LogP contribution in [0, 0.1) is 5.92 Å². The molecule has 1 N–H and O–H groups in total.